The Hall–Kier alpha value is -4.08. The van der Waals surface area contributed by atoms with E-state index in [2.05, 4.69) is 27.7 Å². The van der Waals surface area contributed by atoms with E-state index >= 15 is 0 Å². The number of phenolic OH excluding ortho intramolecular Hbond substituents is 2. The molecule has 0 saturated heterocycles. The standard InChI is InChI=1S/C37H44O8/c1-36(2,26-5-13-30(38)14-6-26)28-9-17-34(18-10-28)44-23-32(40)21-42-25-43-22-33(41)24-45-35-19-11-29(12-20-35)37(3,4)27-7-15-31(39)16-8-27/h5-20,32-33,38-41H,21-25H2,1-4H3. The lowest BCUT2D eigenvalue weighted by Gasteiger charge is -2.26. The maximum absolute atomic E-state index is 10.2. The van der Waals surface area contributed by atoms with E-state index in [4.69, 9.17) is 18.9 Å². The molecule has 0 spiro atoms. The van der Waals surface area contributed by atoms with Crippen LogP contribution in [0.1, 0.15) is 49.9 Å². The topological polar surface area (TPSA) is 118 Å². The highest BCUT2D eigenvalue weighted by Crippen LogP contribution is 2.34. The van der Waals surface area contributed by atoms with Gasteiger partial charge >= 0.3 is 0 Å². The zero-order valence-corrected chi connectivity index (χ0v) is 26.3. The Morgan fingerprint density at radius 3 is 1.07 bits per heavy atom. The molecule has 8 nitrogen and oxygen atoms in total. The van der Waals surface area contributed by atoms with Crippen molar-refractivity contribution in [3.05, 3.63) is 119 Å². The second-order valence-corrected chi connectivity index (χ2v) is 12.2. The summed E-state index contributed by atoms with van der Waals surface area (Å²) in [4.78, 5) is 0. The molecule has 240 valence electrons. The highest BCUT2D eigenvalue weighted by Gasteiger charge is 2.24. The molecule has 0 heterocycles. The van der Waals surface area contributed by atoms with Crippen LogP contribution in [0.3, 0.4) is 0 Å². The number of aliphatic hydroxyl groups is 2. The molecular formula is C37H44O8. The maximum Gasteiger partial charge on any atom is 0.146 e. The first-order valence-corrected chi connectivity index (χ1v) is 15.0. The minimum absolute atomic E-state index is 0.0192. The van der Waals surface area contributed by atoms with E-state index in [9.17, 15) is 20.4 Å². The molecule has 0 radical (unpaired) electrons. The van der Waals surface area contributed by atoms with E-state index in [1.165, 1.54) is 0 Å². The molecule has 0 fully saturated rings. The average Bonchev–Trinajstić information content (AvgIpc) is 3.03. The van der Waals surface area contributed by atoms with Crippen molar-refractivity contribution < 1.29 is 39.4 Å². The molecule has 0 aliphatic carbocycles. The van der Waals surface area contributed by atoms with Gasteiger partial charge in [-0.15, -0.1) is 0 Å². The first-order valence-electron chi connectivity index (χ1n) is 15.0. The van der Waals surface area contributed by atoms with Gasteiger partial charge in [0.2, 0.25) is 0 Å². The summed E-state index contributed by atoms with van der Waals surface area (Å²) >= 11 is 0. The van der Waals surface area contributed by atoms with Crippen LogP contribution in [0.25, 0.3) is 0 Å². The third-order valence-electron chi connectivity index (χ3n) is 8.00. The first-order chi connectivity index (χ1) is 21.4. The van der Waals surface area contributed by atoms with Gasteiger partial charge in [-0.3, -0.25) is 0 Å². The van der Waals surface area contributed by atoms with Crippen molar-refractivity contribution in [3.8, 4) is 23.0 Å². The fraction of sp³-hybridized carbons (Fsp3) is 0.351. The van der Waals surface area contributed by atoms with Gasteiger partial charge in [0, 0.05) is 10.8 Å². The molecular weight excluding hydrogens is 572 g/mol. The van der Waals surface area contributed by atoms with Gasteiger partial charge < -0.3 is 39.4 Å². The molecule has 2 unspecified atom stereocenters. The normalized spacial score (nSPS) is 13.3. The Bertz CT molecular complexity index is 1330. The summed E-state index contributed by atoms with van der Waals surface area (Å²) in [6.07, 6.45) is -1.70. The van der Waals surface area contributed by atoms with E-state index in [-0.39, 0.29) is 55.5 Å². The molecule has 0 aliphatic heterocycles. The van der Waals surface area contributed by atoms with Gasteiger partial charge in [0.25, 0.3) is 0 Å². The molecule has 0 bridgehead atoms. The van der Waals surface area contributed by atoms with Gasteiger partial charge in [0.05, 0.1) is 13.2 Å². The third-order valence-corrected chi connectivity index (χ3v) is 8.00. The molecule has 8 heteroatoms. The molecule has 0 amide bonds. The molecule has 0 saturated carbocycles. The minimum atomic E-state index is -0.850. The highest BCUT2D eigenvalue weighted by atomic mass is 16.7. The van der Waals surface area contributed by atoms with Crippen molar-refractivity contribution in [1.82, 2.24) is 0 Å². The molecule has 45 heavy (non-hydrogen) atoms. The molecule has 4 rings (SSSR count). The lowest BCUT2D eigenvalue weighted by molar-refractivity contribution is -0.104. The van der Waals surface area contributed by atoms with Crippen molar-refractivity contribution >= 4 is 0 Å². The minimum Gasteiger partial charge on any atom is -0.508 e. The van der Waals surface area contributed by atoms with Crippen molar-refractivity contribution in [2.24, 2.45) is 0 Å². The molecule has 2 atom stereocenters. The summed E-state index contributed by atoms with van der Waals surface area (Å²) in [5.41, 5.74) is 3.86. The second kappa shape index (κ2) is 15.3. The van der Waals surface area contributed by atoms with E-state index in [1.54, 1.807) is 24.3 Å². The number of benzene rings is 4. The van der Waals surface area contributed by atoms with Crippen LogP contribution >= 0.6 is 0 Å². The summed E-state index contributed by atoms with van der Waals surface area (Å²) in [6.45, 7) is 8.53. The number of hydrogen-bond acceptors (Lipinski definition) is 8. The first kappa shape index (κ1) is 33.8. The Morgan fingerprint density at radius 2 is 0.756 bits per heavy atom. The van der Waals surface area contributed by atoms with Crippen LogP contribution in [-0.2, 0) is 20.3 Å². The summed E-state index contributed by atoms with van der Waals surface area (Å²) < 4.78 is 22.2. The zero-order chi connectivity index (χ0) is 32.5. The monoisotopic (exact) mass is 616 g/mol. The number of hydrogen-bond donors (Lipinski definition) is 4. The summed E-state index contributed by atoms with van der Waals surface area (Å²) in [5.74, 6) is 1.74. The van der Waals surface area contributed by atoms with Gasteiger partial charge in [0.1, 0.15) is 55.2 Å². The van der Waals surface area contributed by atoms with Crippen LogP contribution in [-0.4, -0.2) is 65.9 Å². The van der Waals surface area contributed by atoms with Crippen LogP contribution in [0.5, 0.6) is 23.0 Å². The van der Waals surface area contributed by atoms with Gasteiger partial charge in [-0.1, -0.05) is 76.2 Å². The number of phenols is 2. The summed E-state index contributed by atoms with van der Waals surface area (Å²) in [7, 11) is 0. The third kappa shape index (κ3) is 9.45. The Balaban J connectivity index is 1.10. The van der Waals surface area contributed by atoms with Gasteiger partial charge in [-0.05, 0) is 70.8 Å². The molecule has 4 aromatic rings. The Morgan fingerprint density at radius 1 is 0.467 bits per heavy atom. The van der Waals surface area contributed by atoms with Crippen molar-refractivity contribution in [1.29, 1.82) is 0 Å². The largest absolute Gasteiger partial charge is 0.508 e. The van der Waals surface area contributed by atoms with Crippen LogP contribution in [0, 0.1) is 0 Å². The smallest absolute Gasteiger partial charge is 0.146 e. The van der Waals surface area contributed by atoms with E-state index in [0.717, 1.165) is 22.3 Å². The number of rotatable bonds is 16. The second-order valence-electron chi connectivity index (χ2n) is 12.2. The summed E-state index contributed by atoms with van der Waals surface area (Å²) in [5, 5.41) is 39.6. The average molecular weight is 617 g/mol. The fourth-order valence-electron chi connectivity index (χ4n) is 4.93. The fourth-order valence-corrected chi connectivity index (χ4v) is 4.93. The van der Waals surface area contributed by atoms with E-state index in [1.807, 2.05) is 72.8 Å². The number of aromatic hydroxyl groups is 2. The molecule has 4 N–H and O–H groups in total. The van der Waals surface area contributed by atoms with Gasteiger partial charge in [-0.2, -0.15) is 0 Å². The highest BCUT2D eigenvalue weighted by molar-refractivity contribution is 5.43. The molecule has 0 aliphatic rings. The van der Waals surface area contributed by atoms with Gasteiger partial charge in [0.15, 0.2) is 0 Å². The van der Waals surface area contributed by atoms with Crippen molar-refractivity contribution in [2.45, 2.75) is 50.7 Å². The van der Waals surface area contributed by atoms with Crippen LogP contribution in [0.15, 0.2) is 97.1 Å². The van der Waals surface area contributed by atoms with E-state index < -0.39 is 12.2 Å². The summed E-state index contributed by atoms with van der Waals surface area (Å²) in [6, 6.07) is 29.8. The van der Waals surface area contributed by atoms with Crippen molar-refractivity contribution in [3.63, 3.8) is 0 Å². The van der Waals surface area contributed by atoms with Crippen LogP contribution in [0.4, 0.5) is 0 Å². The Kier molecular flexibility index (Phi) is 11.5. The number of aliphatic hydroxyl groups excluding tert-OH is 2. The van der Waals surface area contributed by atoms with Crippen LogP contribution in [0.2, 0.25) is 0 Å². The SMILES string of the molecule is CC(C)(c1ccc(O)cc1)c1ccc(OCC(O)COCOCC(O)COc2ccc(C(C)(C)c3ccc(O)cc3)cc2)cc1. The Labute approximate surface area is 265 Å². The molecule has 0 aromatic heterocycles. The predicted molar refractivity (Wildman–Crippen MR) is 173 cm³/mol. The zero-order valence-electron chi connectivity index (χ0n) is 26.3. The van der Waals surface area contributed by atoms with E-state index in [0.29, 0.717) is 11.5 Å². The number of ether oxygens (including phenoxy) is 4. The van der Waals surface area contributed by atoms with Crippen LogP contribution < -0.4 is 9.47 Å². The predicted octanol–water partition coefficient (Wildman–Crippen LogP) is 5.92. The van der Waals surface area contributed by atoms with Gasteiger partial charge in [-0.25, -0.2) is 0 Å². The quantitative estimate of drug-likeness (QED) is 0.0906. The maximum atomic E-state index is 10.2. The lowest BCUT2D eigenvalue weighted by Crippen LogP contribution is -2.26. The lowest BCUT2D eigenvalue weighted by atomic mass is 9.78. The molecule has 4 aromatic carbocycles. The van der Waals surface area contributed by atoms with Crippen molar-refractivity contribution in [2.75, 3.05) is 33.2 Å².